The van der Waals surface area contributed by atoms with Crippen molar-refractivity contribution in [2.24, 2.45) is 11.5 Å². The summed E-state index contributed by atoms with van der Waals surface area (Å²) in [5.41, 5.74) is 10.1. The van der Waals surface area contributed by atoms with Gasteiger partial charge < -0.3 is 11.5 Å². The predicted octanol–water partition coefficient (Wildman–Crippen LogP) is 1.19. The van der Waals surface area contributed by atoms with Crippen molar-refractivity contribution in [3.63, 3.8) is 0 Å². The average molecular weight is 193 g/mol. The van der Waals surface area contributed by atoms with Crippen LogP contribution in [-0.2, 0) is 13.6 Å². The number of hydrogen-bond acceptors (Lipinski definition) is 5. The first-order valence-electron chi connectivity index (χ1n) is 3.66. The van der Waals surface area contributed by atoms with Crippen LogP contribution in [0.3, 0.4) is 0 Å². The summed E-state index contributed by atoms with van der Waals surface area (Å²) in [7, 11) is -2.16. The van der Waals surface area contributed by atoms with E-state index in [-0.39, 0.29) is 5.88 Å². The van der Waals surface area contributed by atoms with Crippen molar-refractivity contribution in [3.05, 3.63) is 12.1 Å². The zero-order valence-corrected chi connectivity index (χ0v) is 7.92. The molecule has 0 radical (unpaired) electrons. The van der Waals surface area contributed by atoms with Crippen LogP contribution in [0.25, 0.3) is 0 Å². The van der Waals surface area contributed by atoms with Gasteiger partial charge >= 0.3 is 8.25 Å². The third-order valence-electron chi connectivity index (χ3n) is 1.04. The molecular formula is C6H14N2O3P+. The van der Waals surface area contributed by atoms with Crippen LogP contribution in [-0.4, -0.2) is 6.61 Å². The van der Waals surface area contributed by atoms with Crippen LogP contribution in [0.4, 0.5) is 0 Å². The highest BCUT2D eigenvalue weighted by molar-refractivity contribution is 7.33. The van der Waals surface area contributed by atoms with Gasteiger partial charge in [-0.05, 0) is 6.42 Å². The minimum atomic E-state index is -2.16. The normalized spacial score (nSPS) is 12.8. The average Bonchev–Trinajstić information content (AvgIpc) is 2.05. The monoisotopic (exact) mass is 193 g/mol. The maximum absolute atomic E-state index is 10.8. The van der Waals surface area contributed by atoms with Crippen LogP contribution in [0, 0.1) is 0 Å². The van der Waals surface area contributed by atoms with E-state index in [1.807, 2.05) is 6.92 Å². The second-order valence-electron chi connectivity index (χ2n) is 2.07. The van der Waals surface area contributed by atoms with Crippen molar-refractivity contribution in [3.8, 4) is 0 Å². The molecule has 0 aromatic heterocycles. The van der Waals surface area contributed by atoms with E-state index in [0.29, 0.717) is 6.61 Å². The van der Waals surface area contributed by atoms with Gasteiger partial charge in [-0.1, -0.05) is 13.3 Å². The van der Waals surface area contributed by atoms with E-state index in [0.717, 1.165) is 19.0 Å². The molecule has 0 saturated carbocycles. The quantitative estimate of drug-likeness (QED) is 0.376. The molecule has 6 heteroatoms. The molecule has 4 N–H and O–H groups in total. The summed E-state index contributed by atoms with van der Waals surface area (Å²) >= 11 is 0. The lowest BCUT2D eigenvalue weighted by Crippen LogP contribution is -2.01. The summed E-state index contributed by atoms with van der Waals surface area (Å²) in [6, 6.07) is 0. The van der Waals surface area contributed by atoms with Crippen molar-refractivity contribution in [1.29, 1.82) is 0 Å². The molecule has 0 amide bonds. The number of nitrogens with two attached hydrogens (primary N) is 2. The van der Waals surface area contributed by atoms with E-state index < -0.39 is 8.25 Å². The second kappa shape index (κ2) is 6.88. The molecule has 0 aliphatic heterocycles. The van der Waals surface area contributed by atoms with E-state index in [9.17, 15) is 4.57 Å². The summed E-state index contributed by atoms with van der Waals surface area (Å²) in [5, 5.41) is 0. The van der Waals surface area contributed by atoms with E-state index in [1.165, 1.54) is 0 Å². The molecule has 5 nitrogen and oxygen atoms in total. The lowest BCUT2D eigenvalue weighted by Gasteiger charge is -1.90. The van der Waals surface area contributed by atoms with Gasteiger partial charge in [-0.3, -0.25) is 0 Å². The summed E-state index contributed by atoms with van der Waals surface area (Å²) in [6.07, 6.45) is 2.85. The SMILES string of the molecule is CCCCO[P+](=O)OC(N)=CN. The highest BCUT2D eigenvalue weighted by Crippen LogP contribution is 2.25. The van der Waals surface area contributed by atoms with Crippen molar-refractivity contribution in [1.82, 2.24) is 0 Å². The minimum absolute atomic E-state index is 0.0902. The van der Waals surface area contributed by atoms with Crippen LogP contribution in [0.5, 0.6) is 0 Å². The fraction of sp³-hybridized carbons (Fsp3) is 0.667. The molecule has 1 atom stereocenters. The first-order valence-corrected chi connectivity index (χ1v) is 4.75. The summed E-state index contributed by atoms with van der Waals surface area (Å²) in [5.74, 6) is -0.0902. The molecule has 0 aromatic carbocycles. The van der Waals surface area contributed by atoms with Gasteiger partial charge in [-0.2, -0.15) is 0 Å². The third-order valence-corrected chi connectivity index (χ3v) is 1.79. The van der Waals surface area contributed by atoms with Crippen LogP contribution < -0.4 is 11.5 Å². The molecule has 0 heterocycles. The summed E-state index contributed by atoms with van der Waals surface area (Å²) < 4.78 is 20.1. The first kappa shape index (κ1) is 11.2. The van der Waals surface area contributed by atoms with Gasteiger partial charge in [0, 0.05) is 4.57 Å². The van der Waals surface area contributed by atoms with Crippen LogP contribution in [0.15, 0.2) is 12.1 Å². The minimum Gasteiger partial charge on any atom is -0.400 e. The molecule has 0 aliphatic rings. The Morgan fingerprint density at radius 3 is 2.83 bits per heavy atom. The largest absolute Gasteiger partial charge is 0.751 e. The Morgan fingerprint density at radius 1 is 1.67 bits per heavy atom. The maximum Gasteiger partial charge on any atom is 0.751 e. The highest BCUT2D eigenvalue weighted by Gasteiger charge is 2.21. The molecule has 0 rings (SSSR count). The van der Waals surface area contributed by atoms with E-state index >= 15 is 0 Å². The molecule has 0 aliphatic carbocycles. The maximum atomic E-state index is 10.8. The van der Waals surface area contributed by atoms with Gasteiger partial charge in [-0.25, -0.2) is 4.52 Å². The van der Waals surface area contributed by atoms with Gasteiger partial charge in [0.1, 0.15) is 6.61 Å². The van der Waals surface area contributed by atoms with E-state index in [4.69, 9.17) is 16.0 Å². The van der Waals surface area contributed by atoms with Crippen molar-refractivity contribution >= 4 is 8.25 Å². The zero-order chi connectivity index (χ0) is 9.40. The Hall–Kier alpha value is -0.800. The molecule has 0 fully saturated rings. The van der Waals surface area contributed by atoms with Crippen LogP contribution in [0.2, 0.25) is 0 Å². The molecule has 1 unspecified atom stereocenters. The van der Waals surface area contributed by atoms with Gasteiger partial charge in [-0.15, -0.1) is 4.52 Å². The predicted molar refractivity (Wildman–Crippen MR) is 46.0 cm³/mol. The van der Waals surface area contributed by atoms with Gasteiger partial charge in [0.25, 0.3) is 5.88 Å². The fourth-order valence-electron chi connectivity index (χ4n) is 0.426. The van der Waals surface area contributed by atoms with Crippen LogP contribution >= 0.6 is 8.25 Å². The van der Waals surface area contributed by atoms with Crippen LogP contribution in [0.1, 0.15) is 19.8 Å². The Labute approximate surface area is 72.7 Å². The van der Waals surface area contributed by atoms with Crippen molar-refractivity contribution in [2.45, 2.75) is 19.8 Å². The molecule has 12 heavy (non-hydrogen) atoms. The Kier molecular flexibility index (Phi) is 6.42. The Morgan fingerprint density at radius 2 is 2.33 bits per heavy atom. The lowest BCUT2D eigenvalue weighted by atomic mass is 10.4. The van der Waals surface area contributed by atoms with Gasteiger partial charge in [0.15, 0.2) is 0 Å². The third kappa shape index (κ3) is 5.95. The second-order valence-corrected chi connectivity index (χ2v) is 2.96. The standard InChI is InChI=1S/C6H14N2O3P/c1-2-3-4-10-12(9)11-6(8)5-7/h5H,2-4,7-8H2,1H3/q+1. The molecular weight excluding hydrogens is 179 g/mol. The van der Waals surface area contributed by atoms with E-state index in [1.54, 1.807) is 0 Å². The fourth-order valence-corrected chi connectivity index (χ4v) is 0.990. The van der Waals surface area contributed by atoms with Gasteiger partial charge in [0.05, 0.1) is 6.20 Å². The molecule has 0 saturated heterocycles. The number of rotatable bonds is 6. The van der Waals surface area contributed by atoms with Crippen molar-refractivity contribution in [2.75, 3.05) is 6.61 Å². The Bertz CT molecular complexity index is 172. The first-order chi connectivity index (χ1) is 5.70. The topological polar surface area (TPSA) is 87.6 Å². The molecule has 0 spiro atoms. The Balaban J connectivity index is 3.47. The zero-order valence-electron chi connectivity index (χ0n) is 7.03. The molecule has 70 valence electrons. The van der Waals surface area contributed by atoms with E-state index in [2.05, 4.69) is 4.52 Å². The molecule has 0 aromatic rings. The van der Waals surface area contributed by atoms with Crippen molar-refractivity contribution < 1.29 is 13.6 Å². The number of hydrogen-bond donors (Lipinski definition) is 2. The summed E-state index contributed by atoms with van der Waals surface area (Å²) in [6.45, 7) is 2.41. The highest BCUT2D eigenvalue weighted by atomic mass is 31.1. The smallest absolute Gasteiger partial charge is 0.400 e. The molecule has 0 bridgehead atoms. The summed E-state index contributed by atoms with van der Waals surface area (Å²) in [4.78, 5) is 0. The van der Waals surface area contributed by atoms with Gasteiger partial charge in [0.2, 0.25) is 0 Å². The lowest BCUT2D eigenvalue weighted by molar-refractivity contribution is 0.255. The number of unbranched alkanes of at least 4 members (excludes halogenated alkanes) is 1.